The zero-order valence-corrected chi connectivity index (χ0v) is 13.0. The maximum atomic E-state index is 3.72. The second kappa shape index (κ2) is 6.39. The fourth-order valence-electron chi connectivity index (χ4n) is 2.67. The van der Waals surface area contributed by atoms with Crippen LogP contribution in [0, 0.1) is 17.3 Å². The van der Waals surface area contributed by atoms with E-state index in [-0.39, 0.29) is 0 Å². The van der Waals surface area contributed by atoms with Gasteiger partial charge in [-0.15, -0.1) is 0 Å². The third-order valence-electron chi connectivity index (χ3n) is 4.76. The number of piperidine rings is 1. The van der Waals surface area contributed by atoms with Gasteiger partial charge in [0.25, 0.3) is 0 Å². The van der Waals surface area contributed by atoms with Crippen molar-refractivity contribution < 1.29 is 0 Å². The third-order valence-corrected chi connectivity index (χ3v) is 5.95. The van der Waals surface area contributed by atoms with E-state index in [9.17, 15) is 0 Å². The van der Waals surface area contributed by atoms with Crippen molar-refractivity contribution in [1.82, 2.24) is 4.90 Å². The van der Waals surface area contributed by atoms with Crippen molar-refractivity contribution >= 4 is 15.9 Å². The van der Waals surface area contributed by atoms with Crippen LogP contribution in [-0.4, -0.2) is 29.9 Å². The number of hydrogen-bond donors (Lipinski definition) is 0. The van der Waals surface area contributed by atoms with Crippen molar-refractivity contribution in [3.63, 3.8) is 0 Å². The molecule has 1 fully saturated rings. The average Bonchev–Trinajstić information content (AvgIpc) is 2.31. The van der Waals surface area contributed by atoms with Gasteiger partial charge in [0.1, 0.15) is 0 Å². The quantitative estimate of drug-likeness (QED) is 0.687. The first-order chi connectivity index (χ1) is 7.56. The van der Waals surface area contributed by atoms with Crippen LogP contribution in [0.4, 0.5) is 0 Å². The van der Waals surface area contributed by atoms with Crippen LogP contribution in [0.25, 0.3) is 0 Å². The SMILES string of the molecule is CCC(CC)(CBr)CN1CCC(C)C(C)C1. The zero-order chi connectivity index (χ0) is 12.2. The van der Waals surface area contributed by atoms with E-state index in [4.69, 9.17) is 0 Å². The number of likely N-dealkylation sites (tertiary alicyclic amines) is 1. The maximum Gasteiger partial charge on any atom is 0.01000 e. The summed E-state index contributed by atoms with van der Waals surface area (Å²) < 4.78 is 0. The van der Waals surface area contributed by atoms with E-state index in [1.165, 1.54) is 38.9 Å². The van der Waals surface area contributed by atoms with Crippen LogP contribution < -0.4 is 0 Å². The first kappa shape index (κ1) is 14.5. The third kappa shape index (κ3) is 3.46. The van der Waals surface area contributed by atoms with Gasteiger partial charge in [0.2, 0.25) is 0 Å². The molecule has 1 rings (SSSR count). The molecule has 0 aromatic heterocycles. The Hall–Kier alpha value is 0.440. The van der Waals surface area contributed by atoms with Crippen LogP contribution in [0.15, 0.2) is 0 Å². The Balaban J connectivity index is 2.53. The highest BCUT2D eigenvalue weighted by atomic mass is 79.9. The van der Waals surface area contributed by atoms with E-state index in [0.29, 0.717) is 5.41 Å². The summed E-state index contributed by atoms with van der Waals surface area (Å²) in [7, 11) is 0. The van der Waals surface area contributed by atoms with Crippen molar-refractivity contribution in [2.45, 2.75) is 47.0 Å². The number of hydrogen-bond acceptors (Lipinski definition) is 1. The second-order valence-corrected chi connectivity index (χ2v) is 6.38. The van der Waals surface area contributed by atoms with Crippen LogP contribution >= 0.6 is 15.9 Å². The van der Waals surface area contributed by atoms with Crippen LogP contribution in [0.3, 0.4) is 0 Å². The summed E-state index contributed by atoms with van der Waals surface area (Å²) in [5.74, 6) is 1.79. The Labute approximate surface area is 110 Å². The van der Waals surface area contributed by atoms with Gasteiger partial charge < -0.3 is 4.90 Å². The lowest BCUT2D eigenvalue weighted by Crippen LogP contribution is -2.45. The van der Waals surface area contributed by atoms with Gasteiger partial charge in [0.05, 0.1) is 0 Å². The van der Waals surface area contributed by atoms with Gasteiger partial charge in [-0.05, 0) is 43.1 Å². The lowest BCUT2D eigenvalue weighted by molar-refractivity contribution is 0.0882. The topological polar surface area (TPSA) is 3.24 Å². The molecule has 0 aromatic carbocycles. The molecule has 16 heavy (non-hydrogen) atoms. The van der Waals surface area contributed by atoms with Crippen molar-refractivity contribution in [3.8, 4) is 0 Å². The van der Waals surface area contributed by atoms with E-state index in [1.807, 2.05) is 0 Å². The Morgan fingerprint density at radius 3 is 2.25 bits per heavy atom. The van der Waals surface area contributed by atoms with E-state index in [1.54, 1.807) is 0 Å². The van der Waals surface area contributed by atoms with Crippen molar-refractivity contribution in [2.24, 2.45) is 17.3 Å². The van der Waals surface area contributed by atoms with Gasteiger partial charge in [-0.2, -0.15) is 0 Å². The van der Waals surface area contributed by atoms with Gasteiger partial charge >= 0.3 is 0 Å². The molecular weight excluding hydrogens is 262 g/mol. The maximum absolute atomic E-state index is 3.72. The van der Waals surface area contributed by atoms with Gasteiger partial charge in [-0.1, -0.05) is 43.6 Å². The van der Waals surface area contributed by atoms with Gasteiger partial charge in [-0.3, -0.25) is 0 Å². The Bertz CT molecular complexity index is 193. The molecule has 0 aliphatic carbocycles. The van der Waals surface area contributed by atoms with Gasteiger partial charge in [0, 0.05) is 18.4 Å². The monoisotopic (exact) mass is 289 g/mol. The van der Waals surface area contributed by atoms with Crippen LogP contribution in [0.1, 0.15) is 47.0 Å². The molecule has 0 spiro atoms. The van der Waals surface area contributed by atoms with Crippen LogP contribution in [-0.2, 0) is 0 Å². The first-order valence-corrected chi connectivity index (χ1v) is 7.97. The Morgan fingerprint density at radius 2 is 1.81 bits per heavy atom. The minimum atomic E-state index is 0.500. The smallest absolute Gasteiger partial charge is 0.01000 e. The molecule has 0 amide bonds. The normalized spacial score (nSPS) is 28.3. The molecule has 2 atom stereocenters. The molecule has 0 radical (unpaired) electrons. The fourth-order valence-corrected chi connectivity index (χ4v) is 3.64. The predicted octanol–water partition coefficient (Wildman–Crippen LogP) is 4.17. The van der Waals surface area contributed by atoms with Crippen molar-refractivity contribution in [2.75, 3.05) is 25.0 Å². The highest BCUT2D eigenvalue weighted by Gasteiger charge is 2.30. The molecule has 1 aliphatic rings. The summed E-state index contributed by atoms with van der Waals surface area (Å²) in [6, 6.07) is 0. The molecule has 0 saturated carbocycles. The lowest BCUT2D eigenvalue weighted by atomic mass is 9.82. The molecule has 2 unspecified atom stereocenters. The zero-order valence-electron chi connectivity index (χ0n) is 11.4. The lowest BCUT2D eigenvalue weighted by Gasteiger charge is -2.41. The van der Waals surface area contributed by atoms with E-state index >= 15 is 0 Å². The number of rotatable bonds is 5. The predicted molar refractivity (Wildman–Crippen MR) is 76.2 cm³/mol. The average molecular weight is 290 g/mol. The summed E-state index contributed by atoms with van der Waals surface area (Å²) in [6.07, 6.45) is 3.96. The van der Waals surface area contributed by atoms with E-state index < -0.39 is 0 Å². The molecule has 0 aromatic rings. The second-order valence-electron chi connectivity index (χ2n) is 5.82. The molecule has 1 heterocycles. The summed E-state index contributed by atoms with van der Waals surface area (Å²) in [6.45, 7) is 13.4. The van der Waals surface area contributed by atoms with Crippen LogP contribution in [0.5, 0.6) is 0 Å². The molecular formula is C14H28BrN. The number of alkyl halides is 1. The van der Waals surface area contributed by atoms with Gasteiger partial charge in [0.15, 0.2) is 0 Å². The molecule has 1 nitrogen and oxygen atoms in total. The number of nitrogens with zero attached hydrogens (tertiary/aromatic N) is 1. The Kier molecular flexibility index (Phi) is 5.79. The molecule has 0 N–H and O–H groups in total. The fraction of sp³-hybridized carbons (Fsp3) is 1.00. The molecule has 0 bridgehead atoms. The summed E-state index contributed by atoms with van der Waals surface area (Å²) in [5, 5.41) is 1.15. The molecule has 96 valence electrons. The molecule has 1 saturated heterocycles. The minimum Gasteiger partial charge on any atom is -0.302 e. The molecule has 2 heteroatoms. The summed E-state index contributed by atoms with van der Waals surface area (Å²) >= 11 is 3.72. The summed E-state index contributed by atoms with van der Waals surface area (Å²) in [5.41, 5.74) is 0.500. The summed E-state index contributed by atoms with van der Waals surface area (Å²) in [4.78, 5) is 2.69. The van der Waals surface area contributed by atoms with Crippen molar-refractivity contribution in [3.05, 3.63) is 0 Å². The minimum absolute atomic E-state index is 0.500. The highest BCUT2D eigenvalue weighted by Crippen LogP contribution is 2.32. The standard InChI is InChI=1S/C14H28BrN/c1-5-14(6-2,10-15)11-16-8-7-12(3)13(4)9-16/h12-13H,5-11H2,1-4H3. The first-order valence-electron chi connectivity index (χ1n) is 6.85. The largest absolute Gasteiger partial charge is 0.302 e. The molecule has 1 aliphatic heterocycles. The van der Waals surface area contributed by atoms with Gasteiger partial charge in [-0.25, -0.2) is 0 Å². The van der Waals surface area contributed by atoms with E-state index in [2.05, 4.69) is 48.5 Å². The van der Waals surface area contributed by atoms with E-state index in [0.717, 1.165) is 17.2 Å². The number of halogens is 1. The van der Waals surface area contributed by atoms with Crippen molar-refractivity contribution in [1.29, 1.82) is 0 Å². The van der Waals surface area contributed by atoms with Crippen LogP contribution in [0.2, 0.25) is 0 Å². The Morgan fingerprint density at radius 1 is 1.19 bits per heavy atom. The highest BCUT2D eigenvalue weighted by molar-refractivity contribution is 9.09.